The Bertz CT molecular complexity index is 874. The van der Waals surface area contributed by atoms with Crippen molar-refractivity contribution < 1.29 is 4.79 Å². The summed E-state index contributed by atoms with van der Waals surface area (Å²) in [6.07, 6.45) is 5.31. The number of amides is 1. The molecule has 1 fully saturated rings. The molecule has 5 nitrogen and oxygen atoms in total. The van der Waals surface area contributed by atoms with E-state index in [0.29, 0.717) is 16.5 Å². The summed E-state index contributed by atoms with van der Waals surface area (Å²) >= 11 is 12.6. The standard InChI is InChI=1S/C24H32Cl2N4O/c1-4-5-6-7-14-29(3)28-24(31)21-16-23(18-10-8-17(2)9-11-18)30(27-21)22-13-12-19(25)15-20(22)26/h8-13,15,21,23,27H,4-7,14,16H2,1-3H3,(H,28,31). The van der Waals surface area contributed by atoms with Gasteiger partial charge in [0.1, 0.15) is 6.04 Å². The molecule has 2 aromatic rings. The van der Waals surface area contributed by atoms with Gasteiger partial charge >= 0.3 is 0 Å². The van der Waals surface area contributed by atoms with Gasteiger partial charge in [0, 0.05) is 18.6 Å². The average Bonchev–Trinajstić information content (AvgIpc) is 3.17. The van der Waals surface area contributed by atoms with Gasteiger partial charge < -0.3 is 0 Å². The summed E-state index contributed by atoms with van der Waals surface area (Å²) in [5.74, 6) is -0.0392. The summed E-state index contributed by atoms with van der Waals surface area (Å²) < 4.78 is 0. The largest absolute Gasteiger partial charge is 0.299 e. The molecule has 2 aromatic carbocycles. The van der Waals surface area contributed by atoms with Crippen molar-refractivity contribution in [3.8, 4) is 0 Å². The summed E-state index contributed by atoms with van der Waals surface area (Å²) in [4.78, 5) is 13.0. The predicted octanol–water partition coefficient (Wildman–Crippen LogP) is 5.67. The van der Waals surface area contributed by atoms with Gasteiger partial charge in [0.05, 0.1) is 16.8 Å². The molecule has 1 aliphatic rings. The molecule has 168 valence electrons. The molecule has 3 rings (SSSR count). The fraction of sp³-hybridized carbons (Fsp3) is 0.458. The molecular weight excluding hydrogens is 431 g/mol. The minimum Gasteiger partial charge on any atom is -0.299 e. The van der Waals surface area contributed by atoms with Gasteiger partial charge in [-0.3, -0.25) is 15.2 Å². The summed E-state index contributed by atoms with van der Waals surface area (Å²) in [6.45, 7) is 5.10. The Balaban J connectivity index is 1.74. The molecule has 1 amide bonds. The Morgan fingerprint density at radius 1 is 1.16 bits per heavy atom. The van der Waals surface area contributed by atoms with Crippen LogP contribution in [0.3, 0.4) is 0 Å². The number of anilines is 1. The second-order valence-electron chi connectivity index (χ2n) is 8.27. The van der Waals surface area contributed by atoms with E-state index in [1.807, 2.05) is 29.2 Å². The normalized spacial score (nSPS) is 18.6. The highest BCUT2D eigenvalue weighted by atomic mass is 35.5. The number of hydrazine groups is 2. The first kappa shape index (κ1) is 23.9. The van der Waals surface area contributed by atoms with E-state index in [1.165, 1.54) is 24.8 Å². The highest BCUT2D eigenvalue weighted by Crippen LogP contribution is 2.38. The van der Waals surface area contributed by atoms with Gasteiger partial charge in [0.25, 0.3) is 5.91 Å². The van der Waals surface area contributed by atoms with Gasteiger partial charge in [-0.05, 0) is 43.5 Å². The van der Waals surface area contributed by atoms with Gasteiger partial charge in [-0.2, -0.15) is 0 Å². The van der Waals surface area contributed by atoms with E-state index in [0.717, 1.165) is 24.2 Å². The molecule has 2 atom stereocenters. The lowest BCUT2D eigenvalue weighted by Crippen LogP contribution is -2.50. The molecule has 2 N–H and O–H groups in total. The second kappa shape index (κ2) is 11.2. The van der Waals surface area contributed by atoms with E-state index in [1.54, 1.807) is 6.07 Å². The topological polar surface area (TPSA) is 47.6 Å². The Hall–Kier alpha value is -1.79. The van der Waals surface area contributed by atoms with Gasteiger partial charge in [-0.15, -0.1) is 0 Å². The van der Waals surface area contributed by atoms with E-state index in [2.05, 4.69) is 49.0 Å². The van der Waals surface area contributed by atoms with Crippen LogP contribution in [0.1, 0.15) is 56.2 Å². The number of hydrogen-bond donors (Lipinski definition) is 2. The number of aryl methyl sites for hydroxylation is 1. The van der Waals surface area contributed by atoms with Crippen LogP contribution >= 0.6 is 23.2 Å². The Morgan fingerprint density at radius 2 is 1.90 bits per heavy atom. The van der Waals surface area contributed by atoms with Crippen LogP contribution in [0.4, 0.5) is 5.69 Å². The zero-order valence-electron chi connectivity index (χ0n) is 18.5. The Morgan fingerprint density at radius 3 is 2.58 bits per heavy atom. The van der Waals surface area contributed by atoms with Crippen LogP contribution in [0.25, 0.3) is 0 Å². The highest BCUT2D eigenvalue weighted by Gasteiger charge is 2.38. The third-order valence-electron chi connectivity index (χ3n) is 5.66. The van der Waals surface area contributed by atoms with Gasteiger partial charge in [-0.25, -0.2) is 10.4 Å². The van der Waals surface area contributed by atoms with Crippen LogP contribution in [-0.2, 0) is 4.79 Å². The van der Waals surface area contributed by atoms with E-state index in [4.69, 9.17) is 23.2 Å². The predicted molar refractivity (Wildman–Crippen MR) is 129 cm³/mol. The molecule has 0 spiro atoms. The summed E-state index contributed by atoms with van der Waals surface area (Å²) in [6, 6.07) is 13.4. The molecule has 0 aromatic heterocycles. The van der Waals surface area contributed by atoms with Crippen molar-refractivity contribution in [1.82, 2.24) is 15.9 Å². The third kappa shape index (κ3) is 6.36. The fourth-order valence-electron chi connectivity index (χ4n) is 3.89. The van der Waals surface area contributed by atoms with Crippen molar-refractivity contribution in [2.45, 2.75) is 58.0 Å². The minimum atomic E-state index is -0.365. The van der Waals surface area contributed by atoms with Crippen LogP contribution in [0.5, 0.6) is 0 Å². The van der Waals surface area contributed by atoms with Crippen molar-refractivity contribution in [3.63, 3.8) is 0 Å². The summed E-state index contributed by atoms with van der Waals surface area (Å²) in [5, 5.41) is 5.01. The van der Waals surface area contributed by atoms with Crippen molar-refractivity contribution in [3.05, 3.63) is 63.6 Å². The first-order chi connectivity index (χ1) is 14.9. The molecule has 1 aliphatic heterocycles. The van der Waals surface area contributed by atoms with Gasteiger partial charge in [0.2, 0.25) is 0 Å². The summed E-state index contributed by atoms with van der Waals surface area (Å²) in [7, 11) is 1.92. The molecule has 31 heavy (non-hydrogen) atoms. The maximum absolute atomic E-state index is 13.0. The first-order valence-corrected chi connectivity index (χ1v) is 11.7. The number of hydrogen-bond acceptors (Lipinski definition) is 4. The molecule has 7 heteroatoms. The zero-order valence-corrected chi connectivity index (χ0v) is 20.0. The van der Waals surface area contributed by atoms with Gasteiger partial charge in [-0.1, -0.05) is 79.2 Å². The number of halogens is 2. The maximum Gasteiger partial charge on any atom is 0.253 e. The zero-order chi connectivity index (χ0) is 22.4. The molecule has 0 saturated carbocycles. The Labute approximate surface area is 195 Å². The molecular formula is C24H32Cl2N4O. The number of benzene rings is 2. The molecule has 0 aliphatic carbocycles. The van der Waals surface area contributed by atoms with Crippen LogP contribution < -0.4 is 15.9 Å². The van der Waals surface area contributed by atoms with Crippen molar-refractivity contribution in [2.75, 3.05) is 18.6 Å². The van der Waals surface area contributed by atoms with E-state index in [-0.39, 0.29) is 18.0 Å². The number of nitrogens with one attached hydrogen (secondary N) is 2. The monoisotopic (exact) mass is 462 g/mol. The van der Waals surface area contributed by atoms with E-state index < -0.39 is 0 Å². The smallest absolute Gasteiger partial charge is 0.253 e. The summed E-state index contributed by atoms with van der Waals surface area (Å²) in [5.41, 5.74) is 9.54. The SMILES string of the molecule is CCCCCCN(C)NC(=O)C1CC(c2ccc(C)cc2)N(c2ccc(Cl)cc2Cl)N1. The maximum atomic E-state index is 13.0. The number of rotatable bonds is 9. The van der Waals surface area contributed by atoms with Crippen LogP contribution in [0.15, 0.2) is 42.5 Å². The lowest BCUT2D eigenvalue weighted by atomic mass is 9.99. The number of nitrogens with zero attached hydrogens (tertiary/aromatic N) is 2. The first-order valence-electron chi connectivity index (χ1n) is 11.0. The quantitative estimate of drug-likeness (QED) is 0.372. The molecule has 1 saturated heterocycles. The fourth-order valence-corrected chi connectivity index (χ4v) is 4.39. The molecule has 0 radical (unpaired) electrons. The second-order valence-corrected chi connectivity index (χ2v) is 9.11. The van der Waals surface area contributed by atoms with Crippen LogP contribution in [0.2, 0.25) is 10.0 Å². The van der Waals surface area contributed by atoms with Gasteiger partial charge in [0.15, 0.2) is 0 Å². The third-order valence-corrected chi connectivity index (χ3v) is 6.20. The lowest BCUT2D eigenvalue weighted by molar-refractivity contribution is -0.127. The van der Waals surface area contributed by atoms with E-state index in [9.17, 15) is 4.79 Å². The van der Waals surface area contributed by atoms with Crippen LogP contribution in [-0.4, -0.2) is 30.6 Å². The molecule has 0 bridgehead atoms. The minimum absolute atomic E-state index is 0.0233. The highest BCUT2D eigenvalue weighted by molar-refractivity contribution is 6.36. The molecule has 2 unspecified atom stereocenters. The number of carbonyl (C=O) groups excluding carboxylic acids is 1. The lowest BCUT2D eigenvalue weighted by Gasteiger charge is -2.28. The number of unbranched alkanes of at least 4 members (excludes halogenated alkanes) is 3. The van der Waals surface area contributed by atoms with Crippen LogP contribution in [0, 0.1) is 6.92 Å². The van der Waals surface area contributed by atoms with E-state index >= 15 is 0 Å². The van der Waals surface area contributed by atoms with Crippen molar-refractivity contribution in [2.24, 2.45) is 0 Å². The number of carbonyl (C=O) groups is 1. The Kier molecular flexibility index (Phi) is 8.61. The average molecular weight is 463 g/mol. The van der Waals surface area contributed by atoms with Crippen molar-refractivity contribution >= 4 is 34.8 Å². The van der Waals surface area contributed by atoms with Crippen molar-refractivity contribution in [1.29, 1.82) is 0 Å². The molecule has 1 heterocycles.